The molecule has 1 fully saturated rings. The van der Waals surface area contributed by atoms with Crippen LogP contribution in [0.1, 0.15) is 54.5 Å². The molecule has 1 aliphatic carbocycles. The zero-order chi connectivity index (χ0) is 23.5. The Morgan fingerprint density at radius 1 is 1.00 bits per heavy atom. The van der Waals surface area contributed by atoms with Crippen LogP contribution in [0.3, 0.4) is 0 Å². The van der Waals surface area contributed by atoms with Gasteiger partial charge in [-0.3, -0.25) is 0 Å². The lowest BCUT2D eigenvalue weighted by molar-refractivity contribution is 0.292. The van der Waals surface area contributed by atoms with Crippen LogP contribution in [-0.4, -0.2) is 21.6 Å². The van der Waals surface area contributed by atoms with E-state index >= 15 is 0 Å². The van der Waals surface area contributed by atoms with Crippen LogP contribution in [-0.2, 0) is 18.5 Å². The predicted molar refractivity (Wildman–Crippen MR) is 144 cm³/mol. The van der Waals surface area contributed by atoms with Gasteiger partial charge in [-0.05, 0) is 60.8 Å². The molecular formula is C27H30ClN5S. The minimum atomic E-state index is 0.0640. The molecule has 0 amide bonds. The van der Waals surface area contributed by atoms with Crippen molar-refractivity contribution in [2.24, 2.45) is 0 Å². The third-order valence-corrected chi connectivity index (χ3v) is 7.58. The molecule has 176 valence electrons. The molecule has 2 aliphatic rings. The fraction of sp³-hybridized carbons (Fsp3) is 0.370. The van der Waals surface area contributed by atoms with E-state index in [0.29, 0.717) is 11.1 Å². The summed E-state index contributed by atoms with van der Waals surface area (Å²) in [5.74, 6) is 1.45. The summed E-state index contributed by atoms with van der Waals surface area (Å²) in [4.78, 5) is 11.6. The lowest BCUT2D eigenvalue weighted by Crippen LogP contribution is -2.43. The molecule has 5 rings (SSSR count). The van der Waals surface area contributed by atoms with Crippen LogP contribution in [0.4, 0.5) is 11.8 Å². The Balaban J connectivity index is 1.27. The van der Waals surface area contributed by atoms with Gasteiger partial charge in [0.15, 0.2) is 5.11 Å². The molecule has 0 unspecified atom stereocenters. The Labute approximate surface area is 212 Å². The number of aromatic nitrogens is 2. The first-order valence-electron chi connectivity index (χ1n) is 12.0. The van der Waals surface area contributed by atoms with E-state index in [9.17, 15) is 0 Å². The summed E-state index contributed by atoms with van der Waals surface area (Å²) in [5.41, 5.74) is 5.01. The molecule has 0 atom stereocenters. The number of thiocarbonyl (C=S) groups is 1. The third kappa shape index (κ3) is 5.03. The first-order valence-corrected chi connectivity index (χ1v) is 12.8. The van der Waals surface area contributed by atoms with Gasteiger partial charge in [-0.1, -0.05) is 67.3 Å². The maximum Gasteiger partial charge on any atom is 0.231 e. The van der Waals surface area contributed by atoms with E-state index in [1.165, 1.54) is 36.0 Å². The lowest BCUT2D eigenvalue weighted by atomic mass is 9.69. The Bertz CT molecular complexity index is 1150. The van der Waals surface area contributed by atoms with E-state index in [0.717, 1.165) is 49.0 Å². The molecule has 1 aliphatic heterocycles. The number of halogens is 1. The molecule has 5 nitrogen and oxygen atoms in total. The van der Waals surface area contributed by atoms with Crippen LogP contribution in [0, 0.1) is 6.92 Å². The quantitative estimate of drug-likeness (QED) is 0.417. The van der Waals surface area contributed by atoms with Crippen molar-refractivity contribution in [3.63, 3.8) is 0 Å². The molecule has 2 aromatic carbocycles. The molecule has 3 aromatic rings. The van der Waals surface area contributed by atoms with Gasteiger partial charge < -0.3 is 15.5 Å². The number of benzene rings is 2. The minimum Gasteiger partial charge on any atom is -0.361 e. The smallest absolute Gasteiger partial charge is 0.231 e. The van der Waals surface area contributed by atoms with Crippen molar-refractivity contribution in [3.05, 3.63) is 82.0 Å². The van der Waals surface area contributed by atoms with Crippen molar-refractivity contribution in [3.8, 4) is 0 Å². The van der Waals surface area contributed by atoms with Crippen LogP contribution >= 0.6 is 23.8 Å². The second-order valence-corrected chi connectivity index (χ2v) is 10.3. The summed E-state index contributed by atoms with van der Waals surface area (Å²) >= 11 is 11.8. The summed E-state index contributed by atoms with van der Waals surface area (Å²) in [6.07, 6.45) is 6.04. The number of nitrogens with one attached hydrogen (secondary N) is 2. The van der Waals surface area contributed by atoms with E-state index in [1.54, 1.807) is 0 Å². The fourth-order valence-electron chi connectivity index (χ4n) is 5.26. The second kappa shape index (κ2) is 9.88. The maximum absolute atomic E-state index is 6.15. The standard InChI is InChI=1S/C27H30ClN5S/c1-19-15-24(33-16-20-7-3-4-8-21(20)17-33)31-25(30-19)32-26(34)29-18-27(13-5-2-6-14-27)22-9-11-23(28)12-10-22/h3-4,7-12,15H,2,5-6,13-14,16-18H2,1H3,(H2,29,30,31,32,34). The second-order valence-electron chi connectivity index (χ2n) is 9.47. The maximum atomic E-state index is 6.15. The number of hydrogen-bond acceptors (Lipinski definition) is 4. The van der Waals surface area contributed by atoms with Crippen LogP contribution in [0.15, 0.2) is 54.6 Å². The lowest BCUT2D eigenvalue weighted by Gasteiger charge is -2.38. The highest BCUT2D eigenvalue weighted by Crippen LogP contribution is 2.39. The summed E-state index contributed by atoms with van der Waals surface area (Å²) < 4.78 is 0. The summed E-state index contributed by atoms with van der Waals surface area (Å²) in [6.45, 7) is 4.49. The van der Waals surface area contributed by atoms with Crippen LogP contribution in [0.2, 0.25) is 5.02 Å². The zero-order valence-corrected chi connectivity index (χ0v) is 21.1. The zero-order valence-electron chi connectivity index (χ0n) is 19.5. The van der Waals surface area contributed by atoms with Crippen molar-refractivity contribution >= 4 is 40.7 Å². The van der Waals surface area contributed by atoms with Gasteiger partial charge in [-0.25, -0.2) is 4.98 Å². The molecule has 2 N–H and O–H groups in total. The molecule has 7 heteroatoms. The number of fused-ring (bicyclic) bond motifs is 1. The molecule has 0 bridgehead atoms. The number of hydrogen-bond donors (Lipinski definition) is 2. The Hall–Kier alpha value is -2.70. The van der Waals surface area contributed by atoms with Crippen molar-refractivity contribution in [2.75, 3.05) is 16.8 Å². The molecule has 2 heterocycles. The highest BCUT2D eigenvalue weighted by Gasteiger charge is 2.34. The van der Waals surface area contributed by atoms with Crippen molar-refractivity contribution in [1.82, 2.24) is 15.3 Å². The molecule has 1 saturated carbocycles. The number of anilines is 2. The van der Waals surface area contributed by atoms with Crippen LogP contribution < -0.4 is 15.5 Å². The van der Waals surface area contributed by atoms with E-state index in [-0.39, 0.29) is 5.41 Å². The largest absolute Gasteiger partial charge is 0.361 e. The van der Waals surface area contributed by atoms with E-state index < -0.39 is 0 Å². The first-order chi connectivity index (χ1) is 16.5. The number of nitrogens with zero attached hydrogens (tertiary/aromatic N) is 3. The highest BCUT2D eigenvalue weighted by atomic mass is 35.5. The van der Waals surface area contributed by atoms with Crippen molar-refractivity contribution in [2.45, 2.75) is 57.5 Å². The van der Waals surface area contributed by atoms with Gasteiger partial charge >= 0.3 is 0 Å². The first kappa shape index (κ1) is 23.1. The molecule has 34 heavy (non-hydrogen) atoms. The van der Waals surface area contributed by atoms with Gasteiger partial charge in [0.05, 0.1) is 0 Å². The average Bonchev–Trinajstić information content (AvgIpc) is 3.28. The molecular weight excluding hydrogens is 462 g/mol. The summed E-state index contributed by atoms with van der Waals surface area (Å²) in [5, 5.41) is 8.03. The van der Waals surface area contributed by atoms with Crippen molar-refractivity contribution in [1.29, 1.82) is 0 Å². The van der Waals surface area contributed by atoms with Gasteiger partial charge in [-0.15, -0.1) is 0 Å². The van der Waals surface area contributed by atoms with E-state index in [2.05, 4.69) is 56.9 Å². The Morgan fingerprint density at radius 3 is 2.35 bits per heavy atom. The Kier molecular flexibility index (Phi) is 6.70. The van der Waals surface area contributed by atoms with Crippen molar-refractivity contribution < 1.29 is 0 Å². The van der Waals surface area contributed by atoms with E-state index in [4.69, 9.17) is 28.8 Å². The topological polar surface area (TPSA) is 53.1 Å². The number of rotatable bonds is 5. The van der Waals surface area contributed by atoms with Gasteiger partial charge in [0.2, 0.25) is 5.95 Å². The highest BCUT2D eigenvalue weighted by molar-refractivity contribution is 7.80. The SMILES string of the molecule is Cc1cc(N2Cc3ccccc3C2)nc(NC(=S)NCC2(c3ccc(Cl)cc3)CCCCC2)n1. The monoisotopic (exact) mass is 491 g/mol. The van der Waals surface area contributed by atoms with Gasteiger partial charge in [0, 0.05) is 41.8 Å². The fourth-order valence-corrected chi connectivity index (χ4v) is 5.55. The predicted octanol–water partition coefficient (Wildman–Crippen LogP) is 6.15. The molecule has 0 radical (unpaired) electrons. The van der Waals surface area contributed by atoms with Crippen LogP contribution in [0.25, 0.3) is 0 Å². The van der Waals surface area contributed by atoms with Gasteiger partial charge in [0.1, 0.15) is 5.82 Å². The minimum absolute atomic E-state index is 0.0640. The normalized spacial score (nSPS) is 16.7. The van der Waals surface area contributed by atoms with Gasteiger partial charge in [0.25, 0.3) is 0 Å². The van der Waals surface area contributed by atoms with E-state index in [1.807, 2.05) is 25.1 Å². The third-order valence-electron chi connectivity index (χ3n) is 7.09. The molecule has 0 spiro atoms. The molecule has 0 saturated heterocycles. The number of aryl methyl sites for hydroxylation is 1. The Morgan fingerprint density at radius 2 is 1.68 bits per heavy atom. The summed E-state index contributed by atoms with van der Waals surface area (Å²) in [6, 6.07) is 18.9. The average molecular weight is 492 g/mol. The molecule has 1 aromatic heterocycles. The summed E-state index contributed by atoms with van der Waals surface area (Å²) in [7, 11) is 0. The van der Waals surface area contributed by atoms with Gasteiger partial charge in [-0.2, -0.15) is 4.98 Å². The van der Waals surface area contributed by atoms with Crippen LogP contribution in [0.5, 0.6) is 0 Å².